The number of nitrogens with one attached hydrogen (secondary N) is 1. The number of amides is 1. The molecule has 2 heterocycles. The summed E-state index contributed by atoms with van der Waals surface area (Å²) in [5.41, 5.74) is 0.914. The molecule has 1 N–H and O–H groups in total. The van der Waals surface area contributed by atoms with Gasteiger partial charge < -0.3 is 15.1 Å². The molecular weight excluding hydrogens is 412 g/mol. The number of nitrogens with zero attached hydrogens (tertiary/aromatic N) is 3. The van der Waals surface area contributed by atoms with Crippen molar-refractivity contribution >= 4 is 15.9 Å². The second-order valence-electron chi connectivity index (χ2n) is 9.31. The lowest BCUT2D eigenvalue weighted by atomic mass is 9.92. The topological polar surface area (TPSA) is 73.0 Å². The predicted molar refractivity (Wildman–Crippen MR) is 123 cm³/mol. The van der Waals surface area contributed by atoms with Crippen LogP contribution in [0.5, 0.6) is 0 Å². The summed E-state index contributed by atoms with van der Waals surface area (Å²) in [5.74, 6) is 1.28. The number of carbonyl (C=O) groups is 1. The molecule has 7 nitrogen and oxygen atoms in total. The minimum absolute atomic E-state index is 0.0335. The molecule has 1 aromatic rings. The molecule has 0 saturated carbocycles. The Labute approximate surface area is 187 Å². The van der Waals surface area contributed by atoms with Crippen LogP contribution in [-0.2, 0) is 14.8 Å². The minimum Gasteiger partial charge on any atom is -0.340 e. The van der Waals surface area contributed by atoms with E-state index in [1.54, 1.807) is 18.2 Å². The summed E-state index contributed by atoms with van der Waals surface area (Å²) in [6, 6.07) is 7.04. The molecular formula is C23H38N4O3S. The van der Waals surface area contributed by atoms with Gasteiger partial charge in [0.05, 0.1) is 4.90 Å². The summed E-state index contributed by atoms with van der Waals surface area (Å²) < 4.78 is 28.4. The largest absolute Gasteiger partial charge is 0.340 e. The van der Waals surface area contributed by atoms with Crippen LogP contribution in [0.15, 0.2) is 29.2 Å². The molecule has 1 amide bonds. The first kappa shape index (κ1) is 24.2. The average Bonchev–Trinajstić information content (AvgIpc) is 2.73. The third-order valence-electron chi connectivity index (χ3n) is 6.28. The van der Waals surface area contributed by atoms with Gasteiger partial charge in [-0.25, -0.2) is 8.42 Å². The second-order valence-corrected chi connectivity index (χ2v) is 11.2. The van der Waals surface area contributed by atoms with E-state index < -0.39 is 10.0 Å². The second kappa shape index (κ2) is 10.9. The molecule has 31 heavy (non-hydrogen) atoms. The highest BCUT2D eigenvalue weighted by Gasteiger charge is 2.28. The van der Waals surface area contributed by atoms with Crippen LogP contribution in [0.25, 0.3) is 0 Å². The maximum Gasteiger partial charge on any atom is 0.243 e. The molecule has 0 aromatic heterocycles. The van der Waals surface area contributed by atoms with E-state index in [4.69, 9.17) is 0 Å². The van der Waals surface area contributed by atoms with Gasteiger partial charge in [-0.3, -0.25) is 4.79 Å². The normalized spacial score (nSPS) is 23.3. The monoisotopic (exact) mass is 450 g/mol. The van der Waals surface area contributed by atoms with Gasteiger partial charge in [0, 0.05) is 65.3 Å². The third kappa shape index (κ3) is 6.75. The van der Waals surface area contributed by atoms with Gasteiger partial charge in [0.2, 0.25) is 15.9 Å². The fraction of sp³-hybridized carbons (Fsp3) is 0.696. The minimum atomic E-state index is -3.65. The van der Waals surface area contributed by atoms with Crippen molar-refractivity contribution in [3.05, 3.63) is 29.8 Å². The molecule has 0 unspecified atom stereocenters. The lowest BCUT2D eigenvalue weighted by Gasteiger charge is -2.36. The van der Waals surface area contributed by atoms with Crippen molar-refractivity contribution in [2.45, 2.75) is 38.5 Å². The first-order valence-electron chi connectivity index (χ1n) is 11.5. The highest BCUT2D eigenvalue weighted by atomic mass is 32.2. The molecule has 2 aliphatic heterocycles. The summed E-state index contributed by atoms with van der Waals surface area (Å²) in [4.78, 5) is 17.2. The lowest BCUT2D eigenvalue weighted by molar-refractivity contribution is -0.131. The molecule has 0 aliphatic carbocycles. The Bertz CT molecular complexity index is 829. The van der Waals surface area contributed by atoms with Crippen LogP contribution >= 0.6 is 0 Å². The van der Waals surface area contributed by atoms with Crippen molar-refractivity contribution < 1.29 is 13.2 Å². The van der Waals surface area contributed by atoms with Crippen molar-refractivity contribution in [1.29, 1.82) is 0 Å². The van der Waals surface area contributed by atoms with Crippen LogP contribution in [0.1, 0.15) is 32.3 Å². The molecule has 0 radical (unpaired) electrons. The van der Waals surface area contributed by atoms with Crippen LogP contribution in [-0.4, -0.2) is 87.3 Å². The number of likely N-dealkylation sites (tertiary alicyclic amines) is 1. The number of hydrogen-bond acceptors (Lipinski definition) is 5. The summed E-state index contributed by atoms with van der Waals surface area (Å²) in [7, 11) is -3.65. The maximum atomic E-state index is 13.4. The molecule has 8 heteroatoms. The molecule has 3 rings (SSSR count). The van der Waals surface area contributed by atoms with Crippen molar-refractivity contribution in [1.82, 2.24) is 19.4 Å². The summed E-state index contributed by atoms with van der Waals surface area (Å²) in [5, 5.41) is 3.24. The summed E-state index contributed by atoms with van der Waals surface area (Å²) in [6.45, 7) is 12.7. The van der Waals surface area contributed by atoms with E-state index >= 15 is 0 Å². The predicted octanol–water partition coefficient (Wildman–Crippen LogP) is 1.79. The fourth-order valence-electron chi connectivity index (χ4n) is 4.80. The molecule has 1 aromatic carbocycles. The molecule has 0 spiro atoms. The van der Waals surface area contributed by atoms with E-state index in [9.17, 15) is 13.2 Å². The van der Waals surface area contributed by atoms with Gasteiger partial charge in [0.25, 0.3) is 0 Å². The molecule has 2 aliphatic rings. The fourth-order valence-corrected chi connectivity index (χ4v) is 6.33. The number of sulfonamides is 1. The van der Waals surface area contributed by atoms with Crippen molar-refractivity contribution in [2.75, 3.05) is 58.9 Å². The molecule has 0 bridgehead atoms. The number of carbonyl (C=O) groups excluding carboxylic acids is 1. The number of rotatable bonds is 8. The summed E-state index contributed by atoms with van der Waals surface area (Å²) in [6.07, 6.45) is 1.44. The van der Waals surface area contributed by atoms with Gasteiger partial charge in [0.15, 0.2) is 0 Å². The van der Waals surface area contributed by atoms with Crippen molar-refractivity contribution in [2.24, 2.45) is 11.8 Å². The standard InChI is InChI=1S/C23H38N4O3S/c1-19-5-4-6-22(16-19)31(29,30)27(10-7-23(28)26-11-8-24-9-12-26)14-13-25-17-20(2)15-21(3)18-25/h4-6,16,20-21,24H,7-15,17-18H2,1-3H3/t20-,21-/m1/s1. The van der Waals surface area contributed by atoms with Crippen molar-refractivity contribution in [3.63, 3.8) is 0 Å². The lowest BCUT2D eigenvalue weighted by Crippen LogP contribution is -2.48. The molecule has 2 fully saturated rings. The quantitative estimate of drug-likeness (QED) is 0.654. The molecule has 174 valence electrons. The van der Waals surface area contributed by atoms with E-state index in [0.29, 0.717) is 42.9 Å². The number of benzene rings is 1. The van der Waals surface area contributed by atoms with E-state index in [-0.39, 0.29) is 18.9 Å². The van der Waals surface area contributed by atoms with Gasteiger partial charge in [-0.2, -0.15) is 4.31 Å². The Morgan fingerprint density at radius 3 is 2.45 bits per heavy atom. The van der Waals surface area contributed by atoms with Gasteiger partial charge in [0.1, 0.15) is 0 Å². The zero-order chi connectivity index (χ0) is 22.4. The number of piperidine rings is 1. The van der Waals surface area contributed by atoms with E-state index in [2.05, 4.69) is 24.1 Å². The van der Waals surface area contributed by atoms with Gasteiger partial charge in [-0.05, 0) is 42.9 Å². The highest BCUT2D eigenvalue weighted by molar-refractivity contribution is 7.89. The Morgan fingerprint density at radius 2 is 1.81 bits per heavy atom. The maximum absolute atomic E-state index is 13.4. The molecule has 2 saturated heterocycles. The zero-order valence-corrected chi connectivity index (χ0v) is 20.0. The number of hydrogen-bond donors (Lipinski definition) is 1. The smallest absolute Gasteiger partial charge is 0.243 e. The Kier molecular flexibility index (Phi) is 8.50. The van der Waals surface area contributed by atoms with Crippen LogP contribution in [0, 0.1) is 18.8 Å². The Morgan fingerprint density at radius 1 is 1.13 bits per heavy atom. The van der Waals surface area contributed by atoms with Crippen LogP contribution in [0.4, 0.5) is 0 Å². The van der Waals surface area contributed by atoms with Crippen molar-refractivity contribution in [3.8, 4) is 0 Å². The summed E-state index contributed by atoms with van der Waals surface area (Å²) >= 11 is 0. The SMILES string of the molecule is Cc1cccc(S(=O)(=O)N(CCC(=O)N2CCNCC2)CCN2C[C@H](C)C[C@@H](C)C2)c1. The number of aryl methyl sites for hydroxylation is 1. The first-order valence-corrected chi connectivity index (χ1v) is 13.0. The Balaban J connectivity index is 1.70. The third-order valence-corrected chi connectivity index (χ3v) is 8.18. The highest BCUT2D eigenvalue weighted by Crippen LogP contribution is 2.22. The van der Waals surface area contributed by atoms with E-state index in [0.717, 1.165) is 31.7 Å². The van der Waals surface area contributed by atoms with Crippen LogP contribution in [0.3, 0.4) is 0 Å². The first-order chi connectivity index (χ1) is 14.8. The van der Waals surface area contributed by atoms with Gasteiger partial charge >= 0.3 is 0 Å². The van der Waals surface area contributed by atoms with E-state index in [1.165, 1.54) is 10.7 Å². The van der Waals surface area contributed by atoms with Crippen LogP contribution in [0.2, 0.25) is 0 Å². The van der Waals surface area contributed by atoms with Gasteiger partial charge in [-0.1, -0.05) is 26.0 Å². The molecule has 2 atom stereocenters. The van der Waals surface area contributed by atoms with Gasteiger partial charge in [-0.15, -0.1) is 0 Å². The Hall–Kier alpha value is -1.48. The van der Waals surface area contributed by atoms with Crippen LogP contribution < -0.4 is 5.32 Å². The number of piperazine rings is 1. The average molecular weight is 451 g/mol. The van der Waals surface area contributed by atoms with E-state index in [1.807, 2.05) is 17.9 Å². The zero-order valence-electron chi connectivity index (χ0n) is 19.2.